The lowest BCUT2D eigenvalue weighted by molar-refractivity contribution is -0.137. The van der Waals surface area contributed by atoms with Crippen LogP contribution in [0, 0.1) is 0 Å². The molecule has 0 amide bonds. The molecule has 0 aliphatic rings. The van der Waals surface area contributed by atoms with E-state index < -0.39 is 5.97 Å². The van der Waals surface area contributed by atoms with E-state index in [9.17, 15) is 4.79 Å². The molecule has 0 unspecified atom stereocenters. The lowest BCUT2D eigenvalue weighted by Crippen LogP contribution is -2.19. The molecule has 18 heavy (non-hydrogen) atoms. The molecule has 0 aliphatic carbocycles. The molecule has 0 bridgehead atoms. The smallest absolute Gasteiger partial charge is 0.303 e. The summed E-state index contributed by atoms with van der Waals surface area (Å²) in [6.45, 7) is 3.83. The Bertz CT molecular complexity index is 351. The van der Waals surface area contributed by atoms with Crippen LogP contribution in [0.3, 0.4) is 0 Å². The van der Waals surface area contributed by atoms with Crippen molar-refractivity contribution in [2.75, 3.05) is 18.8 Å². The quantitative estimate of drug-likeness (QED) is 0.533. The highest BCUT2D eigenvalue weighted by Crippen LogP contribution is 2.17. The summed E-state index contributed by atoms with van der Waals surface area (Å²) in [5, 5.41) is 11.7. The number of benzene rings is 1. The Morgan fingerprint density at radius 1 is 1.28 bits per heavy atom. The van der Waals surface area contributed by atoms with Crippen LogP contribution >= 0.6 is 11.8 Å². The van der Waals surface area contributed by atoms with E-state index in [-0.39, 0.29) is 6.42 Å². The van der Waals surface area contributed by atoms with Gasteiger partial charge >= 0.3 is 5.97 Å². The minimum Gasteiger partial charge on any atom is -0.481 e. The van der Waals surface area contributed by atoms with E-state index in [2.05, 4.69) is 36.5 Å². The highest BCUT2D eigenvalue weighted by molar-refractivity contribution is 7.99. The maximum absolute atomic E-state index is 10.3. The number of nitrogens with one attached hydrogen (secondary N) is 1. The van der Waals surface area contributed by atoms with E-state index in [4.69, 9.17) is 5.11 Å². The molecule has 0 aromatic heterocycles. The molecule has 0 aliphatic heterocycles. The second-order valence-electron chi connectivity index (χ2n) is 4.07. The molecule has 2 N–H and O–H groups in total. The maximum Gasteiger partial charge on any atom is 0.303 e. The summed E-state index contributed by atoms with van der Waals surface area (Å²) >= 11 is 1.85. The molecule has 0 saturated heterocycles. The fourth-order valence-electron chi connectivity index (χ4n) is 1.64. The average molecular weight is 267 g/mol. The summed E-state index contributed by atoms with van der Waals surface area (Å²) in [6.07, 6.45) is 1.93. The van der Waals surface area contributed by atoms with Crippen molar-refractivity contribution < 1.29 is 9.90 Å². The number of carboxylic acids is 1. The predicted molar refractivity (Wildman–Crippen MR) is 76.3 cm³/mol. The molecule has 100 valence electrons. The maximum atomic E-state index is 10.3. The van der Waals surface area contributed by atoms with Gasteiger partial charge in [0.15, 0.2) is 0 Å². The van der Waals surface area contributed by atoms with Gasteiger partial charge in [-0.3, -0.25) is 4.79 Å². The Hall–Kier alpha value is -1.00. The first-order valence-corrected chi connectivity index (χ1v) is 7.35. The Kier molecular flexibility index (Phi) is 7.53. The lowest BCUT2D eigenvalue weighted by atomic mass is 10.1. The van der Waals surface area contributed by atoms with Crippen molar-refractivity contribution in [3.05, 3.63) is 29.8 Å². The first-order chi connectivity index (χ1) is 8.72. The van der Waals surface area contributed by atoms with E-state index in [0.717, 1.165) is 25.3 Å². The Morgan fingerprint density at radius 3 is 2.61 bits per heavy atom. The van der Waals surface area contributed by atoms with Crippen LogP contribution in [-0.2, 0) is 11.2 Å². The molecule has 0 atom stereocenters. The van der Waals surface area contributed by atoms with Gasteiger partial charge in [-0.2, -0.15) is 0 Å². The zero-order chi connectivity index (χ0) is 13.2. The number of aliphatic carboxylic acids is 1. The molecule has 0 spiro atoms. The zero-order valence-corrected chi connectivity index (χ0v) is 11.6. The molecule has 4 heteroatoms. The molecule has 1 rings (SSSR count). The van der Waals surface area contributed by atoms with Crippen LogP contribution in [0.5, 0.6) is 0 Å². The van der Waals surface area contributed by atoms with E-state index in [1.54, 1.807) is 0 Å². The van der Waals surface area contributed by atoms with Crippen LogP contribution in [0.2, 0.25) is 0 Å². The molecule has 0 heterocycles. The third-order valence-corrected chi connectivity index (χ3v) is 3.46. The van der Waals surface area contributed by atoms with Crippen LogP contribution in [0.25, 0.3) is 0 Å². The molecule has 0 radical (unpaired) electrons. The summed E-state index contributed by atoms with van der Waals surface area (Å²) in [5.74, 6) is 0.380. The van der Waals surface area contributed by atoms with Crippen molar-refractivity contribution in [2.24, 2.45) is 0 Å². The van der Waals surface area contributed by atoms with Crippen molar-refractivity contribution in [2.45, 2.75) is 31.1 Å². The number of hydrogen-bond acceptors (Lipinski definition) is 3. The highest BCUT2D eigenvalue weighted by atomic mass is 32.2. The van der Waals surface area contributed by atoms with Crippen molar-refractivity contribution in [3.63, 3.8) is 0 Å². The van der Waals surface area contributed by atoms with E-state index in [1.165, 1.54) is 10.5 Å². The van der Waals surface area contributed by atoms with Gasteiger partial charge < -0.3 is 10.4 Å². The first kappa shape index (κ1) is 15.1. The summed E-state index contributed by atoms with van der Waals surface area (Å²) in [6, 6.07) is 8.65. The van der Waals surface area contributed by atoms with Crippen LogP contribution < -0.4 is 5.32 Å². The molecular formula is C14H21NO2S. The van der Waals surface area contributed by atoms with Crippen molar-refractivity contribution >= 4 is 17.7 Å². The topological polar surface area (TPSA) is 49.3 Å². The molecule has 1 aromatic rings. The summed E-state index contributed by atoms with van der Waals surface area (Å²) < 4.78 is 0. The van der Waals surface area contributed by atoms with Gasteiger partial charge in [0, 0.05) is 11.3 Å². The Morgan fingerprint density at radius 2 is 2.00 bits per heavy atom. The summed E-state index contributed by atoms with van der Waals surface area (Å²) in [7, 11) is 0. The van der Waals surface area contributed by atoms with Gasteiger partial charge in [-0.05, 0) is 49.4 Å². The van der Waals surface area contributed by atoms with Gasteiger partial charge in [-0.25, -0.2) is 0 Å². The number of hydrogen-bond donors (Lipinski definition) is 2. The zero-order valence-electron chi connectivity index (χ0n) is 10.8. The van der Waals surface area contributed by atoms with Gasteiger partial charge in [-0.15, -0.1) is 11.8 Å². The van der Waals surface area contributed by atoms with Crippen LogP contribution in [0.4, 0.5) is 0 Å². The van der Waals surface area contributed by atoms with Gasteiger partial charge in [0.1, 0.15) is 0 Å². The molecule has 3 nitrogen and oxygen atoms in total. The normalized spacial score (nSPS) is 10.5. The lowest BCUT2D eigenvalue weighted by Gasteiger charge is -2.05. The Balaban J connectivity index is 2.13. The minimum absolute atomic E-state index is 0.246. The first-order valence-electron chi connectivity index (χ1n) is 6.36. The average Bonchev–Trinajstić information content (AvgIpc) is 2.35. The van der Waals surface area contributed by atoms with Crippen molar-refractivity contribution in [1.82, 2.24) is 5.32 Å². The summed E-state index contributed by atoms with van der Waals surface area (Å²) in [5.41, 5.74) is 1.32. The molecule has 1 aromatic carbocycles. The van der Waals surface area contributed by atoms with Crippen molar-refractivity contribution in [3.8, 4) is 0 Å². The number of carboxylic acid groups (broad SMARTS) is 1. The van der Waals surface area contributed by atoms with E-state index >= 15 is 0 Å². The number of rotatable bonds is 9. The standard InChI is InChI=1S/C14H21NO2S/c1-2-18-13-7-5-12(6-8-13)9-11-15-10-3-4-14(16)17/h5-8,15H,2-4,9-11H2,1H3,(H,16,17). The molecule has 0 saturated carbocycles. The third-order valence-electron chi connectivity index (χ3n) is 2.57. The second-order valence-corrected chi connectivity index (χ2v) is 5.41. The van der Waals surface area contributed by atoms with Gasteiger partial charge in [0.2, 0.25) is 0 Å². The van der Waals surface area contributed by atoms with Crippen LogP contribution in [0.15, 0.2) is 29.2 Å². The largest absolute Gasteiger partial charge is 0.481 e. The monoisotopic (exact) mass is 267 g/mol. The third kappa shape index (κ3) is 6.67. The SMILES string of the molecule is CCSc1ccc(CCNCCCC(=O)O)cc1. The van der Waals surface area contributed by atoms with Gasteiger partial charge in [0.05, 0.1) is 0 Å². The fourth-order valence-corrected chi connectivity index (χ4v) is 2.30. The van der Waals surface area contributed by atoms with E-state index in [0.29, 0.717) is 6.42 Å². The van der Waals surface area contributed by atoms with Crippen molar-refractivity contribution in [1.29, 1.82) is 0 Å². The molecule has 0 fully saturated rings. The summed E-state index contributed by atoms with van der Waals surface area (Å²) in [4.78, 5) is 11.6. The van der Waals surface area contributed by atoms with E-state index in [1.807, 2.05) is 11.8 Å². The highest BCUT2D eigenvalue weighted by Gasteiger charge is 1.97. The molecular weight excluding hydrogens is 246 g/mol. The van der Waals surface area contributed by atoms with Crippen LogP contribution in [0.1, 0.15) is 25.3 Å². The number of carbonyl (C=O) groups is 1. The predicted octanol–water partition coefficient (Wildman–Crippen LogP) is 2.80. The Labute approximate surface area is 113 Å². The number of thioether (sulfide) groups is 1. The van der Waals surface area contributed by atoms with Gasteiger partial charge in [-0.1, -0.05) is 19.1 Å². The van der Waals surface area contributed by atoms with Gasteiger partial charge in [0.25, 0.3) is 0 Å². The van der Waals surface area contributed by atoms with Crippen LogP contribution in [-0.4, -0.2) is 29.9 Å². The second kappa shape index (κ2) is 9.00. The fraction of sp³-hybridized carbons (Fsp3) is 0.500. The minimum atomic E-state index is -0.721.